The molecule has 1 aliphatic rings. The molecule has 0 aliphatic carbocycles. The van der Waals surface area contributed by atoms with Crippen molar-refractivity contribution in [2.75, 3.05) is 6.54 Å². The van der Waals surface area contributed by atoms with Gasteiger partial charge in [0.1, 0.15) is 17.4 Å². The van der Waals surface area contributed by atoms with Crippen LogP contribution in [0.15, 0.2) is 34.0 Å². The van der Waals surface area contributed by atoms with Gasteiger partial charge in [-0.05, 0) is 29.7 Å². The first kappa shape index (κ1) is 16.6. The number of nitriles is 1. The van der Waals surface area contributed by atoms with Crippen molar-refractivity contribution >= 4 is 5.91 Å². The summed E-state index contributed by atoms with van der Waals surface area (Å²) >= 11 is 0. The number of hydrogen-bond donors (Lipinski definition) is 1. The van der Waals surface area contributed by atoms with E-state index in [9.17, 15) is 18.8 Å². The van der Waals surface area contributed by atoms with Gasteiger partial charge in [-0.15, -0.1) is 0 Å². The minimum absolute atomic E-state index is 0.0431. The van der Waals surface area contributed by atoms with E-state index in [4.69, 9.17) is 5.26 Å². The fourth-order valence-corrected chi connectivity index (χ4v) is 2.87. The third kappa shape index (κ3) is 3.50. The Hall–Kier alpha value is -3.21. The molecule has 1 aromatic heterocycles. The number of benzene rings is 1. The maximum Gasteiger partial charge on any atom is 0.328 e. The van der Waals surface area contributed by atoms with Gasteiger partial charge in [-0.25, -0.2) is 9.18 Å². The number of H-pyrrole nitrogens is 1. The highest BCUT2D eigenvalue weighted by molar-refractivity contribution is 5.76. The molecule has 128 valence electrons. The number of aromatic amines is 1. The SMILES string of the molecule is N#Cc1cn(CCC(=O)N2CCc3ccc(F)cc3C2)c(=O)[nH]c1=O. The summed E-state index contributed by atoms with van der Waals surface area (Å²) in [6, 6.07) is 6.27. The second-order valence-corrected chi connectivity index (χ2v) is 5.84. The van der Waals surface area contributed by atoms with E-state index < -0.39 is 11.2 Å². The Morgan fingerprint density at radius 2 is 2.12 bits per heavy atom. The number of fused-ring (bicyclic) bond motifs is 1. The monoisotopic (exact) mass is 342 g/mol. The van der Waals surface area contributed by atoms with Gasteiger partial charge in [-0.1, -0.05) is 6.07 Å². The fourth-order valence-electron chi connectivity index (χ4n) is 2.87. The summed E-state index contributed by atoms with van der Waals surface area (Å²) in [6.07, 6.45) is 1.84. The quantitative estimate of drug-likeness (QED) is 0.879. The highest BCUT2D eigenvalue weighted by Gasteiger charge is 2.21. The number of halogens is 1. The molecule has 0 radical (unpaired) electrons. The van der Waals surface area contributed by atoms with Crippen molar-refractivity contribution in [3.05, 3.63) is 67.7 Å². The van der Waals surface area contributed by atoms with Crippen LogP contribution in [0.5, 0.6) is 0 Å². The van der Waals surface area contributed by atoms with Gasteiger partial charge in [-0.3, -0.25) is 19.1 Å². The summed E-state index contributed by atoms with van der Waals surface area (Å²) in [5, 5.41) is 8.84. The zero-order chi connectivity index (χ0) is 18.0. The highest BCUT2D eigenvalue weighted by atomic mass is 19.1. The van der Waals surface area contributed by atoms with Crippen LogP contribution in [0.3, 0.4) is 0 Å². The molecule has 25 heavy (non-hydrogen) atoms. The number of rotatable bonds is 3. The second-order valence-electron chi connectivity index (χ2n) is 5.84. The molecular formula is C17H15FN4O3. The van der Waals surface area contributed by atoms with E-state index in [1.165, 1.54) is 12.1 Å². The molecule has 0 spiro atoms. The Labute approximate surface area is 141 Å². The van der Waals surface area contributed by atoms with Crippen LogP contribution in [0.25, 0.3) is 0 Å². The zero-order valence-corrected chi connectivity index (χ0v) is 13.3. The third-order valence-corrected chi connectivity index (χ3v) is 4.23. The van der Waals surface area contributed by atoms with Crippen LogP contribution in [0.4, 0.5) is 4.39 Å². The lowest BCUT2D eigenvalue weighted by molar-refractivity contribution is -0.132. The summed E-state index contributed by atoms with van der Waals surface area (Å²) in [5.41, 5.74) is 0.218. The Bertz CT molecular complexity index is 987. The number of aromatic nitrogens is 2. The smallest absolute Gasteiger partial charge is 0.328 e. The number of carbonyl (C=O) groups excluding carboxylic acids is 1. The molecule has 7 nitrogen and oxygen atoms in total. The summed E-state index contributed by atoms with van der Waals surface area (Å²) < 4.78 is 14.5. The van der Waals surface area contributed by atoms with E-state index in [2.05, 4.69) is 0 Å². The van der Waals surface area contributed by atoms with Crippen LogP contribution in [-0.4, -0.2) is 26.9 Å². The van der Waals surface area contributed by atoms with E-state index in [1.54, 1.807) is 17.0 Å². The first-order chi connectivity index (χ1) is 12.0. The minimum Gasteiger partial charge on any atom is -0.338 e. The van der Waals surface area contributed by atoms with Gasteiger partial charge >= 0.3 is 5.69 Å². The molecule has 1 aliphatic heterocycles. The summed E-state index contributed by atoms with van der Waals surface area (Å²) in [4.78, 5) is 39.1. The van der Waals surface area contributed by atoms with Gasteiger partial charge in [0.15, 0.2) is 0 Å². The predicted octanol–water partition coefficient (Wildman–Crippen LogP) is 0.522. The van der Waals surface area contributed by atoms with E-state index in [0.717, 1.165) is 21.9 Å². The lowest BCUT2D eigenvalue weighted by Gasteiger charge is -2.29. The van der Waals surface area contributed by atoms with Crippen LogP contribution in [0.2, 0.25) is 0 Å². The van der Waals surface area contributed by atoms with Crippen LogP contribution in [0, 0.1) is 17.1 Å². The predicted molar refractivity (Wildman–Crippen MR) is 86.2 cm³/mol. The van der Waals surface area contributed by atoms with E-state index in [-0.39, 0.29) is 30.3 Å². The maximum absolute atomic E-state index is 13.3. The first-order valence-corrected chi connectivity index (χ1v) is 7.77. The molecule has 1 N–H and O–H groups in total. The molecule has 1 amide bonds. The molecular weight excluding hydrogens is 327 g/mol. The standard InChI is InChI=1S/C17H15FN4O3/c18-14-2-1-11-3-5-21(9-12(11)7-14)15(23)4-6-22-10-13(8-19)16(24)20-17(22)25/h1-2,7,10H,3-6,9H2,(H,20,24,25). The lowest BCUT2D eigenvalue weighted by atomic mass is 9.99. The topological polar surface area (TPSA) is 99.0 Å². The van der Waals surface area contributed by atoms with Gasteiger partial charge in [0.05, 0.1) is 0 Å². The van der Waals surface area contributed by atoms with E-state index >= 15 is 0 Å². The lowest BCUT2D eigenvalue weighted by Crippen LogP contribution is -2.37. The van der Waals surface area contributed by atoms with Crippen LogP contribution in [0.1, 0.15) is 23.1 Å². The van der Waals surface area contributed by atoms with E-state index in [0.29, 0.717) is 19.5 Å². The van der Waals surface area contributed by atoms with Crippen molar-refractivity contribution in [3.8, 4) is 6.07 Å². The molecule has 8 heteroatoms. The Morgan fingerprint density at radius 1 is 1.32 bits per heavy atom. The van der Waals surface area contributed by atoms with Gasteiger partial charge in [0, 0.05) is 32.3 Å². The number of aryl methyl sites for hydroxylation is 1. The summed E-state index contributed by atoms with van der Waals surface area (Å²) in [5.74, 6) is -0.511. The van der Waals surface area contributed by atoms with Crippen molar-refractivity contribution in [2.45, 2.75) is 25.9 Å². The number of hydrogen-bond acceptors (Lipinski definition) is 4. The van der Waals surface area contributed by atoms with E-state index in [1.807, 2.05) is 4.98 Å². The van der Waals surface area contributed by atoms with Crippen LogP contribution >= 0.6 is 0 Å². The van der Waals surface area contributed by atoms with Crippen molar-refractivity contribution in [3.63, 3.8) is 0 Å². The maximum atomic E-state index is 13.3. The fraction of sp³-hybridized carbons (Fsp3) is 0.294. The zero-order valence-electron chi connectivity index (χ0n) is 13.3. The first-order valence-electron chi connectivity index (χ1n) is 7.77. The number of nitrogens with zero attached hydrogens (tertiary/aromatic N) is 3. The molecule has 2 heterocycles. The molecule has 0 bridgehead atoms. The molecule has 0 fully saturated rings. The summed E-state index contributed by atoms with van der Waals surface area (Å²) in [6.45, 7) is 0.910. The Kier molecular flexibility index (Phi) is 4.48. The number of nitrogens with one attached hydrogen (secondary N) is 1. The van der Waals surface area contributed by atoms with Gasteiger partial charge in [0.25, 0.3) is 5.56 Å². The highest BCUT2D eigenvalue weighted by Crippen LogP contribution is 2.20. The Morgan fingerprint density at radius 3 is 2.88 bits per heavy atom. The summed E-state index contributed by atoms with van der Waals surface area (Å²) in [7, 11) is 0. The molecule has 2 aromatic rings. The van der Waals surface area contributed by atoms with Crippen LogP contribution < -0.4 is 11.2 Å². The van der Waals surface area contributed by atoms with Crippen molar-refractivity contribution < 1.29 is 9.18 Å². The minimum atomic E-state index is -0.746. The molecule has 0 saturated carbocycles. The molecule has 0 unspecified atom stereocenters. The molecule has 3 rings (SSSR count). The van der Waals surface area contributed by atoms with Gasteiger partial charge < -0.3 is 4.90 Å². The average molecular weight is 342 g/mol. The van der Waals surface area contributed by atoms with Gasteiger partial charge in [-0.2, -0.15) is 5.26 Å². The third-order valence-electron chi connectivity index (χ3n) is 4.23. The second kappa shape index (κ2) is 6.73. The van der Waals surface area contributed by atoms with Crippen molar-refractivity contribution in [2.24, 2.45) is 0 Å². The molecule has 0 saturated heterocycles. The molecule has 0 atom stereocenters. The van der Waals surface area contributed by atoms with Gasteiger partial charge in [0.2, 0.25) is 5.91 Å². The number of carbonyl (C=O) groups is 1. The normalized spacial score (nSPS) is 13.2. The van der Waals surface area contributed by atoms with Crippen molar-refractivity contribution in [1.29, 1.82) is 5.26 Å². The molecule has 1 aromatic carbocycles. The largest absolute Gasteiger partial charge is 0.338 e. The van der Waals surface area contributed by atoms with Crippen molar-refractivity contribution in [1.82, 2.24) is 14.5 Å². The average Bonchev–Trinajstić information content (AvgIpc) is 2.60. The number of amides is 1. The Balaban J connectivity index is 1.69. The van der Waals surface area contributed by atoms with Crippen LogP contribution in [-0.2, 0) is 24.3 Å².